The molecule has 38 heavy (non-hydrogen) atoms. The van der Waals surface area contributed by atoms with Gasteiger partial charge in [0.25, 0.3) is 0 Å². The molecule has 1 saturated carbocycles. The van der Waals surface area contributed by atoms with Crippen LogP contribution in [0.15, 0.2) is 29.9 Å². The quantitative estimate of drug-likeness (QED) is 0.144. The van der Waals surface area contributed by atoms with Crippen molar-refractivity contribution in [3.8, 4) is 17.2 Å². The van der Waals surface area contributed by atoms with Crippen molar-refractivity contribution >= 4 is 18.0 Å². The van der Waals surface area contributed by atoms with E-state index in [4.69, 9.17) is 33.2 Å². The summed E-state index contributed by atoms with van der Waals surface area (Å²) in [6, 6.07) is 3.29. The van der Waals surface area contributed by atoms with E-state index < -0.39 is 23.6 Å². The van der Waals surface area contributed by atoms with E-state index in [1.807, 2.05) is 0 Å². The second kappa shape index (κ2) is 11.1. The predicted octanol–water partition coefficient (Wildman–Crippen LogP) is 4.26. The summed E-state index contributed by atoms with van der Waals surface area (Å²) in [5.74, 6) is -0.261. The van der Waals surface area contributed by atoms with Crippen LogP contribution < -0.4 is 14.2 Å². The number of hydrogen-bond donors (Lipinski definition) is 0. The Labute approximate surface area is 224 Å². The molecule has 6 atom stereocenters. The normalized spacial score (nSPS) is 31.6. The molecule has 9 nitrogen and oxygen atoms in total. The van der Waals surface area contributed by atoms with Crippen LogP contribution in [0.3, 0.4) is 0 Å². The lowest BCUT2D eigenvalue weighted by atomic mass is 9.68. The molecule has 0 N–H and O–H groups in total. The summed E-state index contributed by atoms with van der Waals surface area (Å²) >= 11 is 0. The summed E-state index contributed by atoms with van der Waals surface area (Å²) in [6.45, 7) is 8.23. The van der Waals surface area contributed by atoms with Crippen LogP contribution in [-0.4, -0.2) is 69.4 Å². The van der Waals surface area contributed by atoms with Crippen molar-refractivity contribution in [3.63, 3.8) is 0 Å². The van der Waals surface area contributed by atoms with Gasteiger partial charge < -0.3 is 33.2 Å². The molecule has 0 unspecified atom stereocenters. The van der Waals surface area contributed by atoms with Gasteiger partial charge in [0.05, 0.1) is 32.8 Å². The third-order valence-corrected chi connectivity index (χ3v) is 7.65. The van der Waals surface area contributed by atoms with Crippen molar-refractivity contribution in [2.24, 2.45) is 5.92 Å². The Morgan fingerprint density at radius 3 is 2.29 bits per heavy atom. The number of ether oxygens (including phenoxy) is 7. The smallest absolute Gasteiger partial charge is 0.331 e. The first-order valence-electron chi connectivity index (χ1n) is 12.9. The highest BCUT2D eigenvalue weighted by Gasteiger charge is 2.72. The van der Waals surface area contributed by atoms with Crippen molar-refractivity contribution in [1.82, 2.24) is 0 Å². The van der Waals surface area contributed by atoms with Crippen LogP contribution in [0.5, 0.6) is 17.2 Å². The Balaban J connectivity index is 1.47. The van der Waals surface area contributed by atoms with Crippen molar-refractivity contribution in [2.75, 3.05) is 27.9 Å². The zero-order valence-electron chi connectivity index (χ0n) is 23.2. The minimum absolute atomic E-state index is 0.0477. The molecule has 0 aromatic heterocycles. The van der Waals surface area contributed by atoms with Crippen molar-refractivity contribution in [1.29, 1.82) is 0 Å². The van der Waals surface area contributed by atoms with Crippen LogP contribution in [0, 0.1) is 5.92 Å². The van der Waals surface area contributed by atoms with Crippen LogP contribution in [0.4, 0.5) is 0 Å². The van der Waals surface area contributed by atoms with Crippen molar-refractivity contribution < 1.29 is 42.7 Å². The Bertz CT molecular complexity index is 1090. The monoisotopic (exact) mass is 530 g/mol. The molecule has 2 aliphatic heterocycles. The first kappa shape index (κ1) is 28.1. The third-order valence-electron chi connectivity index (χ3n) is 7.65. The van der Waals surface area contributed by atoms with Crippen LogP contribution in [-0.2, 0) is 28.5 Å². The molecule has 4 rings (SSSR count). The van der Waals surface area contributed by atoms with Gasteiger partial charge in [-0.25, -0.2) is 4.79 Å². The maximum absolute atomic E-state index is 12.9. The molecule has 2 saturated heterocycles. The van der Waals surface area contributed by atoms with Gasteiger partial charge in [-0.15, -0.1) is 0 Å². The average Bonchev–Trinajstić information content (AvgIpc) is 3.79. The van der Waals surface area contributed by atoms with Gasteiger partial charge in [0.1, 0.15) is 23.4 Å². The molecule has 208 valence electrons. The van der Waals surface area contributed by atoms with Crippen LogP contribution in [0.25, 0.3) is 6.08 Å². The summed E-state index contributed by atoms with van der Waals surface area (Å²) in [7, 11) is 4.56. The molecule has 1 aromatic carbocycles. The van der Waals surface area contributed by atoms with E-state index in [1.54, 1.807) is 25.3 Å². The minimum Gasteiger partial charge on any atom is -0.493 e. The first-order chi connectivity index (χ1) is 18.1. The lowest BCUT2D eigenvalue weighted by Gasteiger charge is -2.42. The molecule has 0 amide bonds. The maximum atomic E-state index is 12.9. The number of hydrogen-bond acceptors (Lipinski definition) is 9. The number of allylic oxidation sites excluding steroid dienone is 1. The molecule has 1 spiro atoms. The first-order valence-corrected chi connectivity index (χ1v) is 12.9. The van der Waals surface area contributed by atoms with E-state index in [-0.39, 0.29) is 29.5 Å². The number of epoxide rings is 2. The van der Waals surface area contributed by atoms with Crippen molar-refractivity contribution in [3.05, 3.63) is 35.4 Å². The zero-order valence-corrected chi connectivity index (χ0v) is 23.2. The second-order valence-electron chi connectivity index (χ2n) is 10.5. The van der Waals surface area contributed by atoms with Gasteiger partial charge in [0.2, 0.25) is 5.75 Å². The maximum Gasteiger partial charge on any atom is 0.331 e. The molecule has 0 radical (unpaired) electrons. The molecule has 1 aliphatic carbocycles. The lowest BCUT2D eigenvalue weighted by molar-refractivity contribution is -0.166. The number of esters is 2. The molecular formula is C29H38O9. The summed E-state index contributed by atoms with van der Waals surface area (Å²) in [5, 5.41) is 0. The molecule has 3 fully saturated rings. The molecule has 3 aliphatic rings. The largest absolute Gasteiger partial charge is 0.493 e. The van der Waals surface area contributed by atoms with Gasteiger partial charge >= 0.3 is 11.9 Å². The van der Waals surface area contributed by atoms with Gasteiger partial charge in [-0.1, -0.05) is 11.6 Å². The molecule has 0 bridgehead atoms. The van der Waals surface area contributed by atoms with Gasteiger partial charge in [-0.05, 0) is 63.8 Å². The van der Waals surface area contributed by atoms with Crippen molar-refractivity contribution in [2.45, 2.75) is 76.5 Å². The number of carbonyl (C=O) groups is 2. The Kier molecular flexibility index (Phi) is 8.20. The highest BCUT2D eigenvalue weighted by atomic mass is 16.6. The molecule has 2 heterocycles. The SMILES string of the molecule is COc1cc(/C=C/C(=O)O[C@@H]2CC[C@]3(CO3)[C@@H]([C@@]3(C)O[C@H]3CC=C(C)C)[C@@H]2OC)cc(OC)c1OC(C)=O. The number of rotatable bonds is 10. The average molecular weight is 531 g/mol. The van der Waals surface area contributed by atoms with Crippen LogP contribution in [0.1, 0.15) is 52.5 Å². The molecule has 1 aromatic rings. The number of benzene rings is 1. The molecule has 9 heteroatoms. The van der Waals surface area contributed by atoms with E-state index in [9.17, 15) is 9.59 Å². The summed E-state index contributed by atoms with van der Waals surface area (Å²) < 4.78 is 40.0. The van der Waals surface area contributed by atoms with E-state index in [0.717, 1.165) is 12.8 Å². The van der Waals surface area contributed by atoms with Crippen LogP contribution in [0.2, 0.25) is 0 Å². The third kappa shape index (κ3) is 5.75. The van der Waals surface area contributed by atoms with Crippen LogP contribution >= 0.6 is 0 Å². The number of carbonyl (C=O) groups excluding carboxylic acids is 2. The van der Waals surface area contributed by atoms with Gasteiger partial charge in [-0.3, -0.25) is 4.79 Å². The molecular weight excluding hydrogens is 492 g/mol. The summed E-state index contributed by atoms with van der Waals surface area (Å²) in [4.78, 5) is 24.4. The zero-order chi connectivity index (χ0) is 27.7. The second-order valence-corrected chi connectivity index (χ2v) is 10.5. The highest BCUT2D eigenvalue weighted by molar-refractivity contribution is 5.87. The summed E-state index contributed by atoms with van der Waals surface area (Å²) in [5.41, 5.74) is 1.18. The summed E-state index contributed by atoms with van der Waals surface area (Å²) in [6.07, 6.45) is 6.68. The van der Waals surface area contributed by atoms with E-state index >= 15 is 0 Å². The minimum atomic E-state index is -0.501. The fourth-order valence-electron chi connectivity index (χ4n) is 5.66. The Morgan fingerprint density at radius 2 is 1.76 bits per heavy atom. The lowest BCUT2D eigenvalue weighted by Crippen LogP contribution is -2.55. The van der Waals surface area contributed by atoms with E-state index in [0.29, 0.717) is 30.1 Å². The standard InChI is InChI=1S/C29H38O9/c1-17(2)8-10-23-28(4,38-23)27-26(34-7)20(12-13-29(27)16-35-29)37-24(31)11-9-19-14-21(32-5)25(36-18(3)30)22(15-19)33-6/h8-9,11,14-15,20,23,26-27H,10,12-13,16H2,1-7H3/b11-9+/t20-,23+,26-,27-,28+,29+/m1/s1. The Hall–Kier alpha value is -2.88. The van der Waals surface area contributed by atoms with Gasteiger partial charge in [0.15, 0.2) is 11.5 Å². The highest BCUT2D eigenvalue weighted by Crippen LogP contribution is 2.59. The van der Waals surface area contributed by atoms with Gasteiger partial charge in [0, 0.05) is 20.1 Å². The van der Waals surface area contributed by atoms with E-state index in [2.05, 4.69) is 26.8 Å². The fraction of sp³-hybridized carbons (Fsp3) is 0.586. The predicted molar refractivity (Wildman–Crippen MR) is 139 cm³/mol. The number of methoxy groups -OCH3 is 3. The fourth-order valence-corrected chi connectivity index (χ4v) is 5.66. The Morgan fingerprint density at radius 1 is 1.11 bits per heavy atom. The van der Waals surface area contributed by atoms with E-state index in [1.165, 1.54) is 32.8 Å². The van der Waals surface area contributed by atoms with Gasteiger partial charge in [-0.2, -0.15) is 0 Å². The topological polar surface area (TPSA) is 105 Å².